The molecule has 0 bridgehead atoms. The van der Waals surface area contributed by atoms with Crippen LogP contribution in [0, 0.1) is 5.89 Å². The quantitative estimate of drug-likeness (QED) is 0.609. The van der Waals surface area contributed by atoms with Gasteiger partial charge in [-0.15, -0.1) is 0 Å². The molecule has 0 saturated heterocycles. The third-order valence-corrected chi connectivity index (χ3v) is 3.33. The van der Waals surface area contributed by atoms with Crippen molar-refractivity contribution in [3.8, 4) is 22.4 Å². The lowest BCUT2D eigenvalue weighted by atomic mass is 9.92. The Kier molecular flexibility index (Phi) is 2.16. The van der Waals surface area contributed by atoms with Crippen LogP contribution in [-0.2, 0) is 6.37 Å². The Bertz CT molecular complexity index is 1040. The fourth-order valence-electron chi connectivity index (χ4n) is 2.40. The van der Waals surface area contributed by atoms with Crippen LogP contribution in [0.5, 0.6) is 0 Å². The van der Waals surface area contributed by atoms with Crippen LogP contribution < -0.4 is 0 Å². The number of hydrogen-bond donors (Lipinski definition) is 0. The van der Waals surface area contributed by atoms with Crippen LogP contribution in [0.1, 0.15) is 31.6 Å². The van der Waals surface area contributed by atoms with E-state index in [1.54, 1.807) is 24.3 Å². The van der Waals surface area contributed by atoms with Gasteiger partial charge in [-0.3, -0.25) is 4.98 Å². The van der Waals surface area contributed by atoms with Crippen molar-refractivity contribution in [1.29, 1.82) is 0 Å². The molecule has 0 atom stereocenters. The highest BCUT2D eigenvalue weighted by Gasteiger charge is 2.12. The Balaban J connectivity index is 2.30. The van der Waals surface area contributed by atoms with Gasteiger partial charge < -0.3 is 0 Å². The number of hydrogen-bond acceptors (Lipinski definition) is 1. The standard InChI is InChI=1S/C21H21N/c1-16(2)15-18-11-6-7-12-20(18)21-19(13-8-14-22-21)17-9-4-3-5-10-17/h3-14,16H,15H2,1-2H3/i1D3,2D3,15D2,16D. The maximum absolute atomic E-state index is 8.63. The zero-order valence-electron chi connectivity index (χ0n) is 20.9. The van der Waals surface area contributed by atoms with Gasteiger partial charge in [-0.25, -0.2) is 0 Å². The number of nitrogens with zero attached hydrogens (tertiary/aromatic N) is 1. The van der Waals surface area contributed by atoms with Gasteiger partial charge in [0.2, 0.25) is 0 Å². The van der Waals surface area contributed by atoms with Crippen LogP contribution in [-0.4, -0.2) is 4.98 Å². The molecule has 1 nitrogen and oxygen atoms in total. The number of benzene rings is 2. The zero-order valence-corrected chi connectivity index (χ0v) is 11.9. The Labute approximate surface area is 145 Å². The molecule has 1 aromatic heterocycles. The lowest BCUT2D eigenvalue weighted by Crippen LogP contribution is -1.98. The molecule has 3 aromatic rings. The summed E-state index contributed by atoms with van der Waals surface area (Å²) in [4.78, 5) is 4.40. The van der Waals surface area contributed by atoms with Crippen molar-refractivity contribution >= 4 is 0 Å². The predicted molar refractivity (Wildman–Crippen MR) is 93.7 cm³/mol. The summed E-state index contributed by atoms with van der Waals surface area (Å²) in [5.41, 5.74) is 1.87. The molecule has 0 unspecified atom stereocenters. The monoisotopic (exact) mass is 296 g/mol. The van der Waals surface area contributed by atoms with Gasteiger partial charge in [0, 0.05) is 29.7 Å². The SMILES string of the molecule is [2H]C([2H])([2H])C([2H])(C([2H])([2H])[2H])C([2H])([2H])c1ccccc1-c1ncccc1-c1ccccc1. The molecule has 0 N–H and O–H groups in total. The molecule has 0 saturated carbocycles. The van der Waals surface area contributed by atoms with Crippen molar-refractivity contribution in [2.75, 3.05) is 0 Å². The van der Waals surface area contributed by atoms with Gasteiger partial charge in [0.1, 0.15) is 0 Å². The molecule has 0 spiro atoms. The van der Waals surface area contributed by atoms with E-state index in [0.717, 1.165) is 5.56 Å². The van der Waals surface area contributed by atoms with Crippen LogP contribution in [0.4, 0.5) is 0 Å². The molecule has 22 heavy (non-hydrogen) atoms. The highest BCUT2D eigenvalue weighted by molar-refractivity contribution is 5.81. The van der Waals surface area contributed by atoms with Gasteiger partial charge in [-0.1, -0.05) is 74.4 Å². The highest BCUT2D eigenvalue weighted by atomic mass is 14.7. The normalized spacial score (nSPS) is 19.2. The smallest absolute Gasteiger partial charge is 0.0783 e. The van der Waals surface area contributed by atoms with Gasteiger partial charge in [-0.2, -0.15) is 0 Å². The number of rotatable bonds is 4. The first kappa shape index (κ1) is 7.23. The van der Waals surface area contributed by atoms with E-state index in [0.29, 0.717) is 11.3 Å². The van der Waals surface area contributed by atoms with Crippen LogP contribution in [0.2, 0.25) is 0 Å². The lowest BCUT2D eigenvalue weighted by molar-refractivity contribution is 0.648. The number of pyridine rings is 1. The van der Waals surface area contributed by atoms with Gasteiger partial charge in [-0.05, 0) is 29.5 Å². The minimum atomic E-state index is -3.42. The Morgan fingerprint density at radius 3 is 2.50 bits per heavy atom. The molecule has 3 rings (SSSR count). The minimum absolute atomic E-state index is 0.215. The predicted octanol–water partition coefficient (Wildman–Crippen LogP) is 5.61. The maximum Gasteiger partial charge on any atom is 0.0783 e. The van der Waals surface area contributed by atoms with E-state index in [1.807, 2.05) is 30.3 Å². The van der Waals surface area contributed by atoms with E-state index < -0.39 is 26.0 Å². The second kappa shape index (κ2) is 6.57. The topological polar surface area (TPSA) is 12.9 Å². The van der Waals surface area contributed by atoms with Crippen LogP contribution in [0.15, 0.2) is 72.9 Å². The van der Waals surface area contributed by atoms with E-state index in [2.05, 4.69) is 4.98 Å². The summed E-state index contributed by atoms with van der Waals surface area (Å²) >= 11 is 0. The summed E-state index contributed by atoms with van der Waals surface area (Å²) in [5, 5.41) is 0. The van der Waals surface area contributed by atoms with Gasteiger partial charge >= 0.3 is 0 Å². The van der Waals surface area contributed by atoms with Crippen molar-refractivity contribution in [2.45, 2.75) is 20.1 Å². The van der Waals surface area contributed by atoms with Crippen molar-refractivity contribution in [3.63, 3.8) is 0 Å². The molecule has 0 aliphatic rings. The van der Waals surface area contributed by atoms with Crippen LogP contribution in [0.3, 0.4) is 0 Å². The zero-order chi connectivity index (χ0) is 23.1. The fraction of sp³-hybridized carbons (Fsp3) is 0.190. The molecular formula is C21H21N. The van der Waals surface area contributed by atoms with Gasteiger partial charge in [0.05, 0.1) is 5.69 Å². The summed E-state index contributed by atoms with van der Waals surface area (Å²) in [6.45, 7) is -6.83. The summed E-state index contributed by atoms with van der Waals surface area (Å²) in [6.07, 6.45) is -1.53. The van der Waals surface area contributed by atoms with E-state index in [1.165, 1.54) is 18.3 Å². The first-order valence-electron chi connectivity index (χ1n) is 11.4. The number of aromatic nitrogens is 1. The molecule has 1 heterocycles. The second-order valence-electron chi connectivity index (χ2n) is 4.81. The van der Waals surface area contributed by atoms with Crippen molar-refractivity contribution in [2.24, 2.45) is 5.89 Å². The van der Waals surface area contributed by atoms with E-state index in [-0.39, 0.29) is 11.1 Å². The third kappa shape index (κ3) is 3.09. The van der Waals surface area contributed by atoms with E-state index >= 15 is 0 Å². The first-order valence-corrected chi connectivity index (χ1v) is 6.93. The summed E-state index contributed by atoms with van der Waals surface area (Å²) in [5.74, 6) is -3.40. The minimum Gasteiger partial charge on any atom is -0.256 e. The fourth-order valence-corrected chi connectivity index (χ4v) is 2.40. The third-order valence-electron chi connectivity index (χ3n) is 3.33. The summed E-state index contributed by atoms with van der Waals surface area (Å²) in [7, 11) is 0. The van der Waals surface area contributed by atoms with Crippen molar-refractivity contribution < 1.29 is 12.3 Å². The Morgan fingerprint density at radius 1 is 0.955 bits per heavy atom. The average molecular weight is 296 g/mol. The second-order valence-corrected chi connectivity index (χ2v) is 4.81. The largest absolute Gasteiger partial charge is 0.256 e. The highest BCUT2D eigenvalue weighted by Crippen LogP contribution is 2.32. The first-order chi connectivity index (χ1) is 14.3. The van der Waals surface area contributed by atoms with E-state index in [4.69, 9.17) is 12.3 Å². The Hall–Kier alpha value is -2.41. The molecule has 0 fully saturated rings. The molecule has 2 aromatic carbocycles. The van der Waals surface area contributed by atoms with Crippen LogP contribution >= 0.6 is 0 Å². The van der Waals surface area contributed by atoms with Crippen LogP contribution in [0.25, 0.3) is 22.4 Å². The van der Waals surface area contributed by atoms with Crippen molar-refractivity contribution in [3.05, 3.63) is 78.5 Å². The summed E-state index contributed by atoms with van der Waals surface area (Å²) < 4.78 is 72.0. The van der Waals surface area contributed by atoms with Crippen molar-refractivity contribution in [1.82, 2.24) is 4.98 Å². The molecule has 1 heteroatoms. The van der Waals surface area contributed by atoms with E-state index in [9.17, 15) is 0 Å². The molecule has 110 valence electrons. The average Bonchev–Trinajstić information content (AvgIpc) is 2.72. The lowest BCUT2D eigenvalue weighted by Gasteiger charge is -2.14. The Morgan fingerprint density at radius 2 is 1.68 bits per heavy atom. The molecule has 0 radical (unpaired) electrons. The maximum atomic E-state index is 8.63. The molecule has 0 amide bonds. The molecule has 0 aliphatic carbocycles. The summed E-state index contributed by atoms with van der Waals surface area (Å²) in [6, 6.07) is 18.8. The molecular weight excluding hydrogens is 266 g/mol. The van der Waals surface area contributed by atoms with Gasteiger partial charge in [0.15, 0.2) is 0 Å². The van der Waals surface area contributed by atoms with Gasteiger partial charge in [0.25, 0.3) is 0 Å². The molecule has 0 aliphatic heterocycles.